The van der Waals surface area contributed by atoms with Crippen LogP contribution >= 0.6 is 11.3 Å². The average Bonchev–Trinajstić information content (AvgIpc) is 3.38. The predicted octanol–water partition coefficient (Wildman–Crippen LogP) is 3.03. The van der Waals surface area contributed by atoms with E-state index in [4.69, 9.17) is 4.42 Å². The minimum atomic E-state index is -3.09. The molecular weight excluding hydrogens is 424 g/mol. The highest BCUT2D eigenvalue weighted by Gasteiger charge is 2.32. The van der Waals surface area contributed by atoms with Crippen molar-refractivity contribution in [3.8, 4) is 0 Å². The fraction of sp³-hybridized carbons (Fsp3) is 0.429. The number of carbonyl (C=O) groups excluding carboxylic acids is 2. The number of sulfone groups is 1. The van der Waals surface area contributed by atoms with Crippen LogP contribution in [0.1, 0.15) is 46.3 Å². The number of furan rings is 1. The SMILES string of the molecule is C[C@H]1CCc2c(sc(NC(=O)/C=C/c3ccco3)c2C(=O)N[C@@H]2CCS(=O)(=O)C2)C1. The second-order valence-corrected chi connectivity index (χ2v) is 11.3. The molecule has 0 bridgehead atoms. The van der Waals surface area contributed by atoms with Crippen LogP contribution < -0.4 is 10.6 Å². The first-order chi connectivity index (χ1) is 14.3. The molecule has 2 atom stereocenters. The molecule has 0 radical (unpaired) electrons. The van der Waals surface area contributed by atoms with Crippen molar-refractivity contribution in [3.63, 3.8) is 0 Å². The van der Waals surface area contributed by atoms with Crippen molar-refractivity contribution in [3.05, 3.63) is 46.2 Å². The average molecular weight is 449 g/mol. The largest absolute Gasteiger partial charge is 0.465 e. The van der Waals surface area contributed by atoms with Gasteiger partial charge in [-0.3, -0.25) is 9.59 Å². The normalized spacial score (nSPS) is 22.7. The van der Waals surface area contributed by atoms with Crippen molar-refractivity contribution in [1.29, 1.82) is 0 Å². The Bertz CT molecular complexity index is 1080. The zero-order valence-corrected chi connectivity index (χ0v) is 18.3. The van der Waals surface area contributed by atoms with Crippen LogP contribution in [0.3, 0.4) is 0 Å². The van der Waals surface area contributed by atoms with Crippen molar-refractivity contribution >= 4 is 44.1 Å². The lowest BCUT2D eigenvalue weighted by atomic mass is 9.88. The van der Waals surface area contributed by atoms with Crippen molar-refractivity contribution in [2.45, 2.75) is 38.6 Å². The quantitative estimate of drug-likeness (QED) is 0.684. The summed E-state index contributed by atoms with van der Waals surface area (Å²) < 4.78 is 28.7. The third-order valence-corrected chi connectivity index (χ3v) is 8.42. The van der Waals surface area contributed by atoms with Gasteiger partial charge < -0.3 is 15.1 Å². The molecule has 1 fully saturated rings. The fourth-order valence-corrected chi connectivity index (χ4v) is 7.03. The molecule has 30 heavy (non-hydrogen) atoms. The van der Waals surface area contributed by atoms with E-state index in [9.17, 15) is 18.0 Å². The first-order valence-corrected chi connectivity index (χ1v) is 12.6. The molecule has 1 saturated heterocycles. The monoisotopic (exact) mass is 448 g/mol. The summed E-state index contributed by atoms with van der Waals surface area (Å²) in [5.41, 5.74) is 1.45. The van der Waals surface area contributed by atoms with Gasteiger partial charge in [0.2, 0.25) is 5.91 Å². The molecule has 9 heteroatoms. The molecule has 2 aliphatic rings. The molecule has 1 aliphatic carbocycles. The Morgan fingerprint density at radius 2 is 2.13 bits per heavy atom. The molecule has 0 aromatic carbocycles. The van der Waals surface area contributed by atoms with E-state index in [0.717, 1.165) is 29.7 Å². The molecule has 0 unspecified atom stereocenters. The third kappa shape index (κ3) is 4.67. The summed E-state index contributed by atoms with van der Waals surface area (Å²) in [7, 11) is -3.09. The summed E-state index contributed by atoms with van der Waals surface area (Å²) in [5.74, 6) is 0.484. The molecule has 7 nitrogen and oxygen atoms in total. The molecule has 0 spiro atoms. The van der Waals surface area contributed by atoms with Gasteiger partial charge >= 0.3 is 0 Å². The van der Waals surface area contributed by atoms with Crippen LogP contribution in [0.4, 0.5) is 5.00 Å². The van der Waals surface area contributed by atoms with Crippen molar-refractivity contribution in [2.24, 2.45) is 5.92 Å². The van der Waals surface area contributed by atoms with Crippen LogP contribution in [0.2, 0.25) is 0 Å². The highest BCUT2D eigenvalue weighted by molar-refractivity contribution is 7.91. The molecule has 2 N–H and O–H groups in total. The van der Waals surface area contributed by atoms with Crippen LogP contribution in [0.25, 0.3) is 6.08 Å². The van der Waals surface area contributed by atoms with Gasteiger partial charge in [-0.05, 0) is 55.4 Å². The lowest BCUT2D eigenvalue weighted by Gasteiger charge is -2.19. The van der Waals surface area contributed by atoms with Crippen LogP contribution in [0.15, 0.2) is 28.9 Å². The van der Waals surface area contributed by atoms with Crippen LogP contribution in [0.5, 0.6) is 0 Å². The topological polar surface area (TPSA) is 105 Å². The van der Waals surface area contributed by atoms with Crippen LogP contribution in [-0.4, -0.2) is 37.8 Å². The number of anilines is 1. The van der Waals surface area contributed by atoms with E-state index in [0.29, 0.717) is 28.7 Å². The molecule has 2 amide bonds. The number of hydrogen-bond donors (Lipinski definition) is 2. The lowest BCUT2D eigenvalue weighted by molar-refractivity contribution is -0.111. The number of rotatable bonds is 5. The van der Waals surface area contributed by atoms with Crippen molar-refractivity contribution < 1.29 is 22.4 Å². The maximum atomic E-state index is 13.1. The van der Waals surface area contributed by atoms with E-state index in [2.05, 4.69) is 17.6 Å². The van der Waals surface area contributed by atoms with E-state index >= 15 is 0 Å². The van der Waals surface area contributed by atoms with Gasteiger partial charge in [-0.1, -0.05) is 6.92 Å². The fourth-order valence-electron chi connectivity index (χ4n) is 3.94. The Hall–Kier alpha value is -2.39. The van der Waals surface area contributed by atoms with E-state index < -0.39 is 9.84 Å². The maximum Gasteiger partial charge on any atom is 0.254 e. The minimum absolute atomic E-state index is 0.0321. The molecule has 2 aromatic heterocycles. The van der Waals surface area contributed by atoms with Gasteiger partial charge in [-0.25, -0.2) is 8.42 Å². The molecule has 4 rings (SSSR count). The Labute approximate surface area is 179 Å². The Balaban J connectivity index is 1.56. The Morgan fingerprint density at radius 3 is 2.83 bits per heavy atom. The van der Waals surface area contributed by atoms with Gasteiger partial charge in [0.15, 0.2) is 9.84 Å². The van der Waals surface area contributed by atoms with Crippen molar-refractivity contribution in [2.75, 3.05) is 16.8 Å². The van der Waals surface area contributed by atoms with E-state index in [1.165, 1.54) is 23.7 Å². The van der Waals surface area contributed by atoms with Gasteiger partial charge in [-0.2, -0.15) is 0 Å². The summed E-state index contributed by atoms with van der Waals surface area (Å²) in [4.78, 5) is 26.6. The Morgan fingerprint density at radius 1 is 1.30 bits per heavy atom. The standard InChI is InChI=1S/C21H24N2O5S2/c1-13-4-6-16-17(11-13)29-21(23-18(24)7-5-15-3-2-9-28-15)19(16)20(25)22-14-8-10-30(26,27)12-14/h2-3,5,7,9,13-14H,4,6,8,10-12H2,1H3,(H,22,25)(H,23,24)/b7-5+/t13-,14+/m0/s1. The van der Waals surface area contributed by atoms with E-state index in [1.54, 1.807) is 18.2 Å². The number of amides is 2. The molecule has 3 heterocycles. The predicted molar refractivity (Wildman–Crippen MR) is 116 cm³/mol. The molecule has 2 aromatic rings. The lowest BCUT2D eigenvalue weighted by Crippen LogP contribution is -2.36. The number of carbonyl (C=O) groups is 2. The van der Waals surface area contributed by atoms with Gasteiger partial charge in [0.05, 0.1) is 23.3 Å². The molecule has 1 aliphatic heterocycles. The summed E-state index contributed by atoms with van der Waals surface area (Å²) in [5, 5.41) is 6.22. The number of fused-ring (bicyclic) bond motifs is 1. The summed E-state index contributed by atoms with van der Waals surface area (Å²) in [6.07, 6.45) is 7.50. The van der Waals surface area contributed by atoms with Gasteiger partial charge in [0.25, 0.3) is 5.91 Å². The minimum Gasteiger partial charge on any atom is -0.465 e. The highest BCUT2D eigenvalue weighted by Crippen LogP contribution is 2.39. The molecule has 0 saturated carbocycles. The van der Waals surface area contributed by atoms with E-state index in [-0.39, 0.29) is 29.4 Å². The van der Waals surface area contributed by atoms with E-state index in [1.807, 2.05) is 0 Å². The first-order valence-electron chi connectivity index (χ1n) is 9.99. The van der Waals surface area contributed by atoms with Gasteiger partial charge in [0, 0.05) is 17.0 Å². The van der Waals surface area contributed by atoms with Gasteiger partial charge in [-0.15, -0.1) is 11.3 Å². The number of thiophene rings is 1. The molecule has 160 valence electrons. The second kappa shape index (κ2) is 8.39. The molecular formula is C21H24N2O5S2. The van der Waals surface area contributed by atoms with Crippen LogP contribution in [0, 0.1) is 5.92 Å². The smallest absolute Gasteiger partial charge is 0.254 e. The van der Waals surface area contributed by atoms with Crippen LogP contribution in [-0.2, 0) is 27.5 Å². The summed E-state index contributed by atoms with van der Waals surface area (Å²) in [6, 6.07) is 3.09. The third-order valence-electron chi connectivity index (χ3n) is 5.49. The maximum absolute atomic E-state index is 13.1. The summed E-state index contributed by atoms with van der Waals surface area (Å²) >= 11 is 1.44. The van der Waals surface area contributed by atoms with Crippen molar-refractivity contribution in [1.82, 2.24) is 5.32 Å². The zero-order valence-electron chi connectivity index (χ0n) is 16.6. The second-order valence-electron chi connectivity index (χ2n) is 7.97. The Kier molecular flexibility index (Phi) is 5.84. The first kappa shape index (κ1) is 20.9. The van der Waals surface area contributed by atoms with Gasteiger partial charge in [0.1, 0.15) is 10.8 Å². The number of hydrogen-bond acceptors (Lipinski definition) is 6. The summed E-state index contributed by atoms with van der Waals surface area (Å²) in [6.45, 7) is 2.18. The highest BCUT2D eigenvalue weighted by atomic mass is 32.2. The number of nitrogens with one attached hydrogen (secondary N) is 2. The zero-order chi connectivity index (χ0) is 21.3.